The minimum Gasteiger partial charge on any atom is -0.374 e. The lowest BCUT2D eigenvalue weighted by Gasteiger charge is -2.32. The molecule has 2 aromatic rings. The van der Waals surface area contributed by atoms with Gasteiger partial charge in [-0.3, -0.25) is 9.59 Å². The third kappa shape index (κ3) is 7.08. The second-order valence-corrected chi connectivity index (χ2v) is 12.1. The van der Waals surface area contributed by atoms with Gasteiger partial charge in [0.2, 0.25) is 21.8 Å². The number of hydrogen-bond donors (Lipinski definition) is 3. The van der Waals surface area contributed by atoms with E-state index in [0.29, 0.717) is 11.1 Å². The van der Waals surface area contributed by atoms with Crippen LogP contribution in [0.15, 0.2) is 66.2 Å². The van der Waals surface area contributed by atoms with E-state index in [-0.39, 0.29) is 31.2 Å². The van der Waals surface area contributed by atoms with E-state index in [4.69, 9.17) is 10.5 Å². The zero-order chi connectivity index (χ0) is 28.1. The number of likely N-dealkylation sites (N-methyl/N-ethyl adjacent to an activating group) is 1. The highest BCUT2D eigenvalue weighted by molar-refractivity contribution is 7.99. The summed E-state index contributed by atoms with van der Waals surface area (Å²) in [6, 6.07) is 17.3. The number of ether oxygens (including phenoxy) is 1. The fraction of sp³-hybridized carbons (Fsp3) is 0.429. The summed E-state index contributed by atoms with van der Waals surface area (Å²) in [5, 5.41) is 2.73. The predicted molar refractivity (Wildman–Crippen MR) is 148 cm³/mol. The molecule has 4 N–H and O–H groups in total. The molecule has 1 aliphatic heterocycles. The second kappa shape index (κ2) is 11.8. The molecule has 0 saturated heterocycles. The van der Waals surface area contributed by atoms with E-state index in [9.17, 15) is 18.0 Å². The van der Waals surface area contributed by atoms with Crippen molar-refractivity contribution in [2.75, 3.05) is 19.7 Å². The fourth-order valence-electron chi connectivity index (χ4n) is 4.23. The number of carbonyl (C=O) groups excluding carboxylic acids is 2. The van der Waals surface area contributed by atoms with Crippen molar-refractivity contribution in [3.05, 3.63) is 77.4 Å². The molecule has 0 radical (unpaired) electrons. The Bertz CT molecular complexity index is 1270. The van der Waals surface area contributed by atoms with Crippen LogP contribution in [0.1, 0.15) is 45.7 Å². The summed E-state index contributed by atoms with van der Waals surface area (Å²) in [6.45, 7) is 8.99. The number of nitrogens with one attached hydrogen (secondary N) is 2. The van der Waals surface area contributed by atoms with Crippen LogP contribution in [0.25, 0.3) is 4.91 Å². The third-order valence-electron chi connectivity index (χ3n) is 6.35. The number of hydrogen-bond acceptors (Lipinski definition) is 6. The molecule has 0 aromatic heterocycles. The number of amides is 2. The molecule has 9 nitrogen and oxygen atoms in total. The molecule has 1 atom stereocenters. The van der Waals surface area contributed by atoms with Crippen molar-refractivity contribution in [2.24, 2.45) is 5.73 Å². The van der Waals surface area contributed by atoms with Crippen molar-refractivity contribution >= 4 is 26.7 Å². The highest BCUT2D eigenvalue weighted by Gasteiger charge is 2.44. The first-order valence-corrected chi connectivity index (χ1v) is 14.1. The first-order valence-electron chi connectivity index (χ1n) is 12.6. The van der Waals surface area contributed by atoms with Crippen molar-refractivity contribution in [1.82, 2.24) is 14.9 Å². The van der Waals surface area contributed by atoms with Gasteiger partial charge in [-0.15, -0.1) is 0 Å². The maximum absolute atomic E-state index is 13.8. The lowest BCUT2D eigenvalue weighted by atomic mass is 9.92. The van der Waals surface area contributed by atoms with Gasteiger partial charge in [-0.25, -0.2) is 13.1 Å². The van der Waals surface area contributed by atoms with Gasteiger partial charge in [0.1, 0.15) is 6.04 Å². The summed E-state index contributed by atoms with van der Waals surface area (Å²) < 4.78 is 34.8. The summed E-state index contributed by atoms with van der Waals surface area (Å²) >= 11 is 0. The molecule has 0 aliphatic carbocycles. The topological polar surface area (TPSA) is 131 Å². The van der Waals surface area contributed by atoms with Gasteiger partial charge in [-0.05, 0) is 51.3 Å². The van der Waals surface area contributed by atoms with E-state index in [1.54, 1.807) is 58.9 Å². The Morgan fingerprint density at radius 1 is 1.08 bits per heavy atom. The summed E-state index contributed by atoms with van der Waals surface area (Å²) in [5.41, 5.74) is 5.89. The van der Waals surface area contributed by atoms with Crippen molar-refractivity contribution in [3.63, 3.8) is 0 Å². The number of carbonyl (C=O) groups is 2. The monoisotopic (exact) mass is 542 g/mol. The smallest absolute Gasteiger partial charge is 0.247 e. The number of sulfonamides is 1. The maximum Gasteiger partial charge on any atom is 0.247 e. The molecule has 10 heteroatoms. The molecule has 3 rings (SSSR count). The van der Waals surface area contributed by atoms with Crippen molar-refractivity contribution in [3.8, 4) is 0 Å². The van der Waals surface area contributed by atoms with Gasteiger partial charge in [-0.2, -0.15) is 0 Å². The standard InChI is InChI=1S/C28H38N4O5S/c1-6-32(17-22-24(21-15-11-8-12-16-21)38(35,36)31-28(22,4)5)25(33)23(30-26(34)27(2,3)29)19-37-18-20-13-9-7-10-14-20/h7-16,23,31H,6,17-19,29H2,1-5H3,(H,30,34)/t23-/m1/s1. The summed E-state index contributed by atoms with van der Waals surface area (Å²) in [4.78, 5) is 28.2. The van der Waals surface area contributed by atoms with E-state index in [1.165, 1.54) is 4.90 Å². The Morgan fingerprint density at radius 3 is 2.21 bits per heavy atom. The molecule has 1 heterocycles. The summed E-state index contributed by atoms with van der Waals surface area (Å²) in [5.74, 6) is -0.886. The zero-order valence-corrected chi connectivity index (χ0v) is 23.5. The van der Waals surface area contributed by atoms with Crippen LogP contribution in [0, 0.1) is 0 Å². The summed E-state index contributed by atoms with van der Waals surface area (Å²) in [6.07, 6.45) is 0. The first-order chi connectivity index (χ1) is 17.8. The molecule has 0 bridgehead atoms. The molecular weight excluding hydrogens is 504 g/mol. The minimum atomic E-state index is -3.80. The van der Waals surface area contributed by atoms with Crippen LogP contribution in [0.2, 0.25) is 0 Å². The average molecular weight is 543 g/mol. The van der Waals surface area contributed by atoms with Gasteiger partial charge < -0.3 is 20.7 Å². The Hall–Kier alpha value is -3.05. The molecule has 0 unspecified atom stereocenters. The van der Waals surface area contributed by atoms with Crippen LogP contribution in [0.4, 0.5) is 0 Å². The van der Waals surface area contributed by atoms with Crippen LogP contribution >= 0.6 is 0 Å². The highest BCUT2D eigenvalue weighted by atomic mass is 32.2. The second-order valence-electron chi connectivity index (χ2n) is 10.5. The number of nitrogens with two attached hydrogens (primary N) is 1. The van der Waals surface area contributed by atoms with Crippen molar-refractivity contribution < 1.29 is 22.7 Å². The Morgan fingerprint density at radius 2 is 1.66 bits per heavy atom. The Balaban J connectivity index is 1.91. The molecule has 0 fully saturated rings. The largest absolute Gasteiger partial charge is 0.374 e. The van der Waals surface area contributed by atoms with E-state index in [0.717, 1.165) is 5.56 Å². The van der Waals surface area contributed by atoms with Crippen molar-refractivity contribution in [1.29, 1.82) is 0 Å². The van der Waals surface area contributed by atoms with Gasteiger partial charge in [0.05, 0.1) is 29.2 Å². The molecule has 38 heavy (non-hydrogen) atoms. The quantitative estimate of drug-likeness (QED) is 0.400. The molecule has 206 valence electrons. The van der Waals surface area contributed by atoms with Gasteiger partial charge in [0.25, 0.3) is 0 Å². The zero-order valence-electron chi connectivity index (χ0n) is 22.7. The molecule has 2 amide bonds. The predicted octanol–water partition coefficient (Wildman–Crippen LogP) is 2.40. The van der Waals surface area contributed by atoms with E-state index in [1.807, 2.05) is 36.4 Å². The van der Waals surface area contributed by atoms with E-state index in [2.05, 4.69) is 10.0 Å². The summed E-state index contributed by atoms with van der Waals surface area (Å²) in [7, 11) is -3.80. The van der Waals surface area contributed by atoms with E-state index < -0.39 is 39.0 Å². The highest BCUT2D eigenvalue weighted by Crippen LogP contribution is 2.38. The van der Waals surface area contributed by atoms with Gasteiger partial charge >= 0.3 is 0 Å². The lowest BCUT2D eigenvalue weighted by Crippen LogP contribution is -2.58. The normalized spacial score (nSPS) is 17.2. The van der Waals surface area contributed by atoms with Gasteiger partial charge in [0.15, 0.2) is 0 Å². The Kier molecular flexibility index (Phi) is 9.14. The van der Waals surface area contributed by atoms with Crippen LogP contribution in [-0.4, -0.2) is 61.9 Å². The fourth-order valence-corrected chi connectivity index (χ4v) is 6.22. The molecule has 0 saturated carbocycles. The molecule has 0 spiro atoms. The van der Waals surface area contributed by atoms with Gasteiger partial charge in [-0.1, -0.05) is 60.7 Å². The maximum atomic E-state index is 13.8. The Labute approximate surface area is 225 Å². The van der Waals surface area contributed by atoms with Crippen LogP contribution in [0.3, 0.4) is 0 Å². The molecule has 1 aliphatic rings. The van der Waals surface area contributed by atoms with Gasteiger partial charge in [0, 0.05) is 13.1 Å². The number of nitrogens with zero attached hydrogens (tertiary/aromatic N) is 1. The third-order valence-corrected chi connectivity index (χ3v) is 8.15. The number of benzene rings is 2. The average Bonchev–Trinajstić information content (AvgIpc) is 3.04. The first kappa shape index (κ1) is 29.5. The molecule has 2 aromatic carbocycles. The van der Waals surface area contributed by atoms with Crippen LogP contribution in [0.5, 0.6) is 0 Å². The SMILES string of the molecule is CCN(CC1=C(c2ccccc2)S(=O)(=O)NC1(C)C)C(=O)[C@@H](COCc1ccccc1)NC(=O)C(C)(C)N. The van der Waals surface area contributed by atoms with Crippen LogP contribution in [-0.2, 0) is 31.0 Å². The van der Waals surface area contributed by atoms with E-state index >= 15 is 0 Å². The van der Waals surface area contributed by atoms with Crippen LogP contribution < -0.4 is 15.8 Å². The number of rotatable bonds is 11. The minimum absolute atomic E-state index is 0.0515. The lowest BCUT2D eigenvalue weighted by molar-refractivity contribution is -0.139. The van der Waals surface area contributed by atoms with Crippen molar-refractivity contribution in [2.45, 2.75) is 58.3 Å². The molecular formula is C28H38N4O5S.